The molecule has 0 saturated carbocycles. The summed E-state index contributed by atoms with van der Waals surface area (Å²) < 4.78 is 8.88. The van der Waals surface area contributed by atoms with Gasteiger partial charge >= 0.3 is 13.5 Å². The van der Waals surface area contributed by atoms with E-state index < -0.39 is 19.1 Å². The Kier molecular flexibility index (Phi) is 5.89. The normalized spacial score (nSPS) is 9.82. The molecule has 94 valence electrons. The zero-order chi connectivity index (χ0) is 13.5. The maximum atomic E-state index is 10.9. The van der Waals surface area contributed by atoms with Gasteiger partial charge in [-0.05, 0) is 5.53 Å². The van der Waals surface area contributed by atoms with Crippen molar-refractivity contribution in [2.75, 3.05) is 0 Å². The van der Waals surface area contributed by atoms with Crippen molar-refractivity contribution in [2.24, 2.45) is 5.11 Å². The first kappa shape index (κ1) is 15.1. The van der Waals surface area contributed by atoms with Crippen molar-refractivity contribution in [3.63, 3.8) is 0 Å². The third-order valence-electron chi connectivity index (χ3n) is 1.20. The summed E-state index contributed by atoms with van der Waals surface area (Å²) in [5.74, 6) is 0. The molecule has 0 aliphatic heterocycles. The summed E-state index contributed by atoms with van der Waals surface area (Å²) >= 11 is 0. The van der Waals surface area contributed by atoms with Gasteiger partial charge in [-0.2, -0.15) is 0 Å². The molecule has 0 fully saturated rings. The van der Waals surface area contributed by atoms with Gasteiger partial charge < -0.3 is 19.7 Å². The molecule has 11 nitrogen and oxygen atoms in total. The van der Waals surface area contributed by atoms with E-state index in [0.717, 1.165) is 0 Å². The van der Waals surface area contributed by atoms with Crippen LogP contribution in [-0.4, -0.2) is 24.6 Å². The number of hydrogen-bond acceptors (Lipinski definition) is 4. The Morgan fingerprint density at radius 1 is 1.41 bits per heavy atom. The van der Waals surface area contributed by atoms with Gasteiger partial charge in [0.15, 0.2) is 0 Å². The number of aromatic nitrogens is 2. The Hall–Kier alpha value is -1.90. The average Bonchev–Trinajstić information content (AvgIpc) is 2.14. The molecule has 5 N–H and O–H groups in total. The van der Waals surface area contributed by atoms with E-state index >= 15 is 0 Å². The first-order valence-corrected chi connectivity index (χ1v) is 5.40. The van der Waals surface area contributed by atoms with Crippen molar-refractivity contribution in [2.45, 2.75) is 6.54 Å². The highest BCUT2D eigenvalue weighted by Crippen LogP contribution is 2.25. The largest absolute Gasteiger partial charge is 0.466 e. The number of nitrogens with one attached hydrogen (secondary N) is 2. The third-order valence-corrected chi connectivity index (χ3v) is 1.20. The zero-order valence-corrected chi connectivity index (χ0v) is 9.03. The summed E-state index contributed by atoms with van der Waals surface area (Å²) in [6.45, 7) is -0.0669. The molecular weight excluding hydrogens is 257 g/mol. The number of H-pyrrole nitrogens is 2. The van der Waals surface area contributed by atoms with Gasteiger partial charge in [-0.15, -0.1) is 0 Å². The fourth-order valence-electron chi connectivity index (χ4n) is 0.663. The zero-order valence-electron chi connectivity index (χ0n) is 8.14. The lowest BCUT2D eigenvalue weighted by Crippen LogP contribution is -2.24. The van der Waals surface area contributed by atoms with E-state index in [1.165, 1.54) is 6.20 Å². The third kappa shape index (κ3) is 9.05. The molecule has 0 radical (unpaired) electrons. The molecule has 0 amide bonds. The molecule has 12 heteroatoms. The van der Waals surface area contributed by atoms with Crippen LogP contribution in [-0.2, 0) is 11.1 Å². The van der Waals surface area contributed by atoms with Crippen LogP contribution in [0.4, 0.5) is 0 Å². The Balaban J connectivity index is 0.000000437. The Morgan fingerprint density at radius 2 is 1.94 bits per heavy atom. The summed E-state index contributed by atoms with van der Waals surface area (Å²) in [5, 5.41) is 3.17. The minimum atomic E-state index is -4.64. The number of phosphoric acid groups is 1. The fraction of sp³-hybridized carbons (Fsp3) is 0.200. The van der Waals surface area contributed by atoms with Crippen molar-refractivity contribution in [3.8, 4) is 0 Å². The predicted octanol–water partition coefficient (Wildman–Crippen LogP) is -1.06. The van der Waals surface area contributed by atoms with Gasteiger partial charge in [-0.1, -0.05) is 5.11 Å². The average molecular weight is 265 g/mol. The molecule has 0 spiro atoms. The number of nitrogens with zero attached hydrogens (tertiary/aromatic N) is 3. The topological polar surface area (TPSA) is 192 Å². The Morgan fingerprint density at radius 3 is 2.35 bits per heavy atom. The number of aromatic amines is 2. The standard InChI is InChI=1S/C5H5N5O2.H3O4P/c6-10-8-2-3-1-7-5(12)9-4(3)11;1-5(2,3)4/h1H,2H2,(H2,7,9,11,12);(H3,1,2,3,4). The monoisotopic (exact) mass is 265 g/mol. The van der Waals surface area contributed by atoms with Crippen LogP contribution in [0.25, 0.3) is 10.4 Å². The SMILES string of the molecule is O=P(O)(O)O.[N-]=[N+]=NCc1c[nH]c(=O)[nH]c1=O. The van der Waals surface area contributed by atoms with E-state index in [4.69, 9.17) is 24.8 Å². The number of azide groups is 1. The van der Waals surface area contributed by atoms with Crippen LogP contribution in [0.3, 0.4) is 0 Å². The molecule has 1 aromatic heterocycles. The van der Waals surface area contributed by atoms with Crippen molar-refractivity contribution < 1.29 is 19.2 Å². The van der Waals surface area contributed by atoms with Crippen LogP contribution in [0.2, 0.25) is 0 Å². The lowest BCUT2D eigenvalue weighted by molar-refractivity contribution is 0.275. The molecular formula is C5H8N5O6P. The molecule has 1 aromatic rings. The molecule has 0 saturated heterocycles. The second-order valence-electron chi connectivity index (χ2n) is 2.50. The van der Waals surface area contributed by atoms with E-state index in [-0.39, 0.29) is 12.1 Å². The first-order chi connectivity index (χ1) is 7.74. The molecule has 0 atom stereocenters. The van der Waals surface area contributed by atoms with E-state index in [2.05, 4.69) is 15.0 Å². The molecule has 1 heterocycles. The van der Waals surface area contributed by atoms with Gasteiger partial charge in [0.2, 0.25) is 0 Å². The summed E-state index contributed by atoms with van der Waals surface area (Å²) in [5.41, 5.74) is 7.06. The summed E-state index contributed by atoms with van der Waals surface area (Å²) in [7, 11) is -4.64. The van der Waals surface area contributed by atoms with Crippen molar-refractivity contribution in [1.29, 1.82) is 0 Å². The van der Waals surface area contributed by atoms with E-state index in [9.17, 15) is 9.59 Å². The van der Waals surface area contributed by atoms with Gasteiger partial charge in [0.05, 0.1) is 6.54 Å². The summed E-state index contributed by atoms with van der Waals surface area (Å²) in [6, 6.07) is 0. The molecule has 1 rings (SSSR count). The minimum absolute atomic E-state index is 0.0669. The quantitative estimate of drug-likeness (QED) is 0.196. The lowest BCUT2D eigenvalue weighted by atomic mass is 10.3. The van der Waals surface area contributed by atoms with Gasteiger partial charge in [-0.3, -0.25) is 9.78 Å². The van der Waals surface area contributed by atoms with Crippen LogP contribution in [0.1, 0.15) is 5.56 Å². The van der Waals surface area contributed by atoms with Gasteiger partial charge in [0.1, 0.15) is 0 Å². The first-order valence-electron chi connectivity index (χ1n) is 3.84. The molecule has 0 bridgehead atoms. The minimum Gasteiger partial charge on any atom is -0.314 e. The van der Waals surface area contributed by atoms with Crippen LogP contribution >= 0.6 is 7.82 Å². The second kappa shape index (κ2) is 6.63. The smallest absolute Gasteiger partial charge is 0.314 e. The molecule has 0 aliphatic rings. The van der Waals surface area contributed by atoms with Crippen LogP contribution < -0.4 is 11.2 Å². The number of rotatable bonds is 2. The maximum absolute atomic E-state index is 10.9. The number of hydrogen-bond donors (Lipinski definition) is 5. The van der Waals surface area contributed by atoms with Crippen molar-refractivity contribution in [1.82, 2.24) is 9.97 Å². The fourth-order valence-corrected chi connectivity index (χ4v) is 0.663. The molecule has 0 aromatic carbocycles. The lowest BCUT2D eigenvalue weighted by Gasteiger charge is -1.90. The van der Waals surface area contributed by atoms with E-state index in [1.807, 2.05) is 4.98 Å². The van der Waals surface area contributed by atoms with Crippen LogP contribution in [0.15, 0.2) is 20.9 Å². The maximum Gasteiger partial charge on any atom is 0.466 e. The van der Waals surface area contributed by atoms with Gasteiger partial charge in [0, 0.05) is 16.7 Å². The van der Waals surface area contributed by atoms with E-state index in [1.54, 1.807) is 0 Å². The van der Waals surface area contributed by atoms with Gasteiger partial charge in [0.25, 0.3) is 5.56 Å². The molecule has 17 heavy (non-hydrogen) atoms. The Labute approximate surface area is 92.6 Å². The Bertz CT molecular complexity index is 556. The van der Waals surface area contributed by atoms with E-state index in [0.29, 0.717) is 0 Å². The highest BCUT2D eigenvalue weighted by molar-refractivity contribution is 7.45. The highest BCUT2D eigenvalue weighted by Gasteiger charge is 2.00. The predicted molar refractivity (Wildman–Crippen MR) is 54.8 cm³/mol. The summed E-state index contributed by atoms with van der Waals surface area (Å²) in [6.07, 6.45) is 1.22. The highest BCUT2D eigenvalue weighted by atomic mass is 31.2. The van der Waals surface area contributed by atoms with Crippen LogP contribution in [0, 0.1) is 0 Å². The van der Waals surface area contributed by atoms with Gasteiger partial charge in [-0.25, -0.2) is 9.36 Å². The van der Waals surface area contributed by atoms with Crippen LogP contribution in [0.5, 0.6) is 0 Å². The second-order valence-corrected chi connectivity index (χ2v) is 3.53. The molecule has 0 unspecified atom stereocenters. The molecule has 0 aliphatic carbocycles. The van der Waals surface area contributed by atoms with Crippen molar-refractivity contribution in [3.05, 3.63) is 43.0 Å². The summed E-state index contributed by atoms with van der Waals surface area (Å²) in [4.78, 5) is 49.7. The van der Waals surface area contributed by atoms with Crippen molar-refractivity contribution >= 4 is 7.82 Å².